The number of allylic oxidation sites excluding steroid dienone is 1. The number of hydrogen-bond donors (Lipinski definition) is 0. The number of esters is 1. The molecule has 0 N–H and O–H groups in total. The van der Waals surface area contributed by atoms with E-state index in [2.05, 4.69) is 6.58 Å². The molecular weight excluding hydrogens is 236 g/mol. The van der Waals surface area contributed by atoms with Crippen LogP contribution in [0.2, 0.25) is 6.55 Å². The molecule has 0 aromatic carbocycles. The van der Waals surface area contributed by atoms with Gasteiger partial charge >= 0.3 is 14.5 Å². The molecule has 0 saturated carbocycles. The Labute approximate surface area is 105 Å². The van der Waals surface area contributed by atoms with Gasteiger partial charge in [-0.2, -0.15) is 0 Å². The molecule has 0 atom stereocenters. The van der Waals surface area contributed by atoms with E-state index >= 15 is 0 Å². The Balaban J connectivity index is 4.10. The standard InChI is InChI=1S/C12H24O4Si/c1-6-15-17(5,16-7-2)11(3)9-8-10-14-12(4)13/h3,6-10H2,1-2,4-5H3. The highest BCUT2D eigenvalue weighted by Gasteiger charge is 2.34. The maximum atomic E-state index is 10.6. The largest absolute Gasteiger partial charge is 0.466 e. The van der Waals surface area contributed by atoms with Crippen LogP contribution in [0.25, 0.3) is 0 Å². The number of ether oxygens (including phenoxy) is 1. The van der Waals surface area contributed by atoms with E-state index in [4.69, 9.17) is 13.6 Å². The summed E-state index contributed by atoms with van der Waals surface area (Å²) in [4.78, 5) is 10.6. The fourth-order valence-corrected chi connectivity index (χ4v) is 3.75. The second-order valence-corrected chi connectivity index (χ2v) is 7.03. The zero-order chi connectivity index (χ0) is 13.3. The van der Waals surface area contributed by atoms with E-state index in [1.807, 2.05) is 20.4 Å². The lowest BCUT2D eigenvalue weighted by molar-refractivity contribution is -0.141. The summed E-state index contributed by atoms with van der Waals surface area (Å²) >= 11 is 0. The molecule has 0 saturated heterocycles. The molecule has 17 heavy (non-hydrogen) atoms. The quantitative estimate of drug-likeness (QED) is 0.363. The van der Waals surface area contributed by atoms with E-state index in [0.717, 1.165) is 18.0 Å². The molecule has 0 heterocycles. The Bertz CT molecular complexity index is 247. The highest BCUT2D eigenvalue weighted by atomic mass is 28.4. The van der Waals surface area contributed by atoms with Crippen LogP contribution in [0.15, 0.2) is 11.8 Å². The molecule has 0 aliphatic rings. The van der Waals surface area contributed by atoms with Crippen LogP contribution in [0.5, 0.6) is 0 Å². The first-order valence-corrected chi connectivity index (χ1v) is 8.37. The Kier molecular flexibility index (Phi) is 8.12. The van der Waals surface area contributed by atoms with Crippen molar-refractivity contribution in [3.05, 3.63) is 11.8 Å². The molecule has 0 aliphatic carbocycles. The maximum Gasteiger partial charge on any atom is 0.364 e. The average Bonchev–Trinajstić information content (AvgIpc) is 2.24. The Morgan fingerprint density at radius 2 is 1.76 bits per heavy atom. The summed E-state index contributed by atoms with van der Waals surface area (Å²) in [5.41, 5.74) is 0. The Morgan fingerprint density at radius 1 is 1.24 bits per heavy atom. The van der Waals surface area contributed by atoms with Crippen LogP contribution in [0.4, 0.5) is 0 Å². The summed E-state index contributed by atoms with van der Waals surface area (Å²) in [5, 5.41) is 1.01. The monoisotopic (exact) mass is 260 g/mol. The van der Waals surface area contributed by atoms with Crippen molar-refractivity contribution in [2.45, 2.75) is 40.2 Å². The molecular formula is C12H24O4Si. The van der Waals surface area contributed by atoms with Crippen molar-refractivity contribution < 1.29 is 18.4 Å². The highest BCUT2D eigenvalue weighted by molar-refractivity contribution is 6.73. The van der Waals surface area contributed by atoms with E-state index in [0.29, 0.717) is 19.8 Å². The second-order valence-electron chi connectivity index (χ2n) is 3.86. The van der Waals surface area contributed by atoms with Gasteiger partial charge in [0.1, 0.15) is 0 Å². The van der Waals surface area contributed by atoms with Crippen molar-refractivity contribution in [2.75, 3.05) is 19.8 Å². The lowest BCUT2D eigenvalue weighted by Gasteiger charge is -2.28. The summed E-state index contributed by atoms with van der Waals surface area (Å²) in [6.07, 6.45) is 1.54. The smallest absolute Gasteiger partial charge is 0.364 e. The zero-order valence-electron chi connectivity index (χ0n) is 11.4. The van der Waals surface area contributed by atoms with Crippen LogP contribution in [-0.4, -0.2) is 34.4 Å². The van der Waals surface area contributed by atoms with E-state index in [1.54, 1.807) is 0 Å². The third kappa shape index (κ3) is 6.60. The summed E-state index contributed by atoms with van der Waals surface area (Å²) in [5.74, 6) is -0.245. The molecule has 0 aromatic heterocycles. The van der Waals surface area contributed by atoms with Crippen molar-refractivity contribution in [2.24, 2.45) is 0 Å². The fourth-order valence-electron chi connectivity index (χ4n) is 1.53. The first kappa shape index (κ1) is 16.3. The molecule has 0 aromatic rings. The maximum absolute atomic E-state index is 10.6. The Morgan fingerprint density at radius 3 is 2.18 bits per heavy atom. The average molecular weight is 260 g/mol. The molecule has 0 spiro atoms. The highest BCUT2D eigenvalue weighted by Crippen LogP contribution is 2.21. The molecule has 0 amide bonds. The van der Waals surface area contributed by atoms with Gasteiger partial charge in [-0.15, -0.1) is 0 Å². The van der Waals surface area contributed by atoms with Gasteiger partial charge in [0.25, 0.3) is 0 Å². The number of hydrogen-bond acceptors (Lipinski definition) is 4. The van der Waals surface area contributed by atoms with Crippen LogP contribution < -0.4 is 0 Å². The third-order valence-electron chi connectivity index (χ3n) is 2.41. The van der Waals surface area contributed by atoms with Crippen LogP contribution in [0, 0.1) is 0 Å². The molecule has 100 valence electrons. The summed E-state index contributed by atoms with van der Waals surface area (Å²) in [6, 6.07) is 0. The molecule has 0 aliphatic heterocycles. The topological polar surface area (TPSA) is 44.8 Å². The second kappa shape index (κ2) is 8.44. The first-order valence-electron chi connectivity index (χ1n) is 6.05. The van der Waals surface area contributed by atoms with Crippen LogP contribution >= 0.6 is 0 Å². The third-order valence-corrected chi connectivity index (χ3v) is 5.62. The molecule has 0 unspecified atom stereocenters. The van der Waals surface area contributed by atoms with Crippen molar-refractivity contribution >= 4 is 14.5 Å². The Hall–Kier alpha value is -0.653. The van der Waals surface area contributed by atoms with E-state index < -0.39 is 8.56 Å². The van der Waals surface area contributed by atoms with Gasteiger partial charge < -0.3 is 13.6 Å². The van der Waals surface area contributed by atoms with Gasteiger partial charge in [0.2, 0.25) is 0 Å². The predicted molar refractivity (Wildman–Crippen MR) is 69.9 cm³/mol. The first-order chi connectivity index (χ1) is 7.96. The van der Waals surface area contributed by atoms with Gasteiger partial charge in [-0.3, -0.25) is 4.79 Å². The van der Waals surface area contributed by atoms with Crippen molar-refractivity contribution in [1.29, 1.82) is 0 Å². The van der Waals surface area contributed by atoms with Crippen LogP contribution in [0.3, 0.4) is 0 Å². The minimum Gasteiger partial charge on any atom is -0.466 e. The normalized spacial score (nSPS) is 11.3. The van der Waals surface area contributed by atoms with Gasteiger partial charge in [-0.1, -0.05) is 6.58 Å². The summed E-state index contributed by atoms with van der Waals surface area (Å²) in [7, 11) is -2.26. The van der Waals surface area contributed by atoms with Gasteiger partial charge in [0.15, 0.2) is 0 Å². The van der Waals surface area contributed by atoms with Gasteiger partial charge in [0.05, 0.1) is 6.61 Å². The summed E-state index contributed by atoms with van der Waals surface area (Å²) < 4.78 is 16.3. The van der Waals surface area contributed by atoms with E-state index in [-0.39, 0.29) is 5.97 Å². The molecule has 5 heteroatoms. The van der Waals surface area contributed by atoms with Crippen LogP contribution in [-0.2, 0) is 18.4 Å². The lowest BCUT2D eigenvalue weighted by atomic mass is 10.3. The zero-order valence-corrected chi connectivity index (χ0v) is 12.4. The van der Waals surface area contributed by atoms with E-state index in [9.17, 15) is 4.79 Å². The summed E-state index contributed by atoms with van der Waals surface area (Å²) in [6.45, 7) is 13.1. The molecule has 0 rings (SSSR count). The molecule has 4 nitrogen and oxygen atoms in total. The van der Waals surface area contributed by atoms with E-state index in [1.165, 1.54) is 6.92 Å². The number of carbonyl (C=O) groups excluding carboxylic acids is 1. The van der Waals surface area contributed by atoms with Crippen LogP contribution in [0.1, 0.15) is 33.6 Å². The van der Waals surface area contributed by atoms with Crippen molar-refractivity contribution in [1.82, 2.24) is 0 Å². The molecule has 0 fully saturated rings. The number of rotatable bonds is 9. The van der Waals surface area contributed by atoms with Gasteiger partial charge in [-0.25, -0.2) is 0 Å². The predicted octanol–water partition coefficient (Wildman–Crippen LogP) is 2.57. The van der Waals surface area contributed by atoms with Gasteiger partial charge in [0, 0.05) is 20.1 Å². The lowest BCUT2D eigenvalue weighted by Crippen LogP contribution is -2.41. The minimum absolute atomic E-state index is 0.245. The fraction of sp³-hybridized carbons (Fsp3) is 0.750. The SMILES string of the molecule is C=C(CCCOC(C)=O)[Si](C)(OCC)OCC. The van der Waals surface area contributed by atoms with Crippen molar-refractivity contribution in [3.63, 3.8) is 0 Å². The molecule has 0 bridgehead atoms. The molecule has 0 radical (unpaired) electrons. The minimum atomic E-state index is -2.26. The van der Waals surface area contributed by atoms with Gasteiger partial charge in [-0.05, 0) is 38.4 Å². The van der Waals surface area contributed by atoms with Crippen molar-refractivity contribution in [3.8, 4) is 0 Å². The number of carbonyl (C=O) groups is 1.